The lowest BCUT2D eigenvalue weighted by atomic mass is 10.2. The minimum Gasteiger partial charge on any atom is -0.314 e. The van der Waals surface area contributed by atoms with Gasteiger partial charge in [0.05, 0.1) is 0 Å². The predicted molar refractivity (Wildman–Crippen MR) is 38.0 cm³/mol. The molecule has 0 amide bonds. The number of allylic oxidation sites excluding steroid dienone is 1. The third kappa shape index (κ3) is 2.80. The largest absolute Gasteiger partial charge is 0.314 e. The first-order valence-electron chi connectivity index (χ1n) is 3.15. The lowest BCUT2D eigenvalue weighted by molar-refractivity contribution is 0.647. The second-order valence-electron chi connectivity index (χ2n) is 1.83. The monoisotopic (exact) mass is 113 g/mol. The van der Waals surface area contributed by atoms with Crippen LogP contribution in [0, 0.1) is 0 Å². The molecule has 0 spiro atoms. The van der Waals surface area contributed by atoms with E-state index in [1.54, 1.807) is 0 Å². The molecule has 0 aliphatic heterocycles. The molecule has 0 saturated carbocycles. The highest BCUT2D eigenvalue weighted by Gasteiger charge is 1.91. The maximum atomic E-state index is 3.17. The summed E-state index contributed by atoms with van der Waals surface area (Å²) in [5, 5.41) is 3.17. The molecular formula is C7H15N. The molecule has 1 atom stereocenters. The molecule has 0 unspecified atom stereocenters. The third-order valence-electron chi connectivity index (χ3n) is 1.24. The minimum absolute atomic E-state index is 0.569. The number of hydrogen-bond donors (Lipinski definition) is 1. The van der Waals surface area contributed by atoms with Crippen LogP contribution in [0.15, 0.2) is 12.2 Å². The van der Waals surface area contributed by atoms with E-state index in [2.05, 4.69) is 24.4 Å². The van der Waals surface area contributed by atoms with Gasteiger partial charge in [0.1, 0.15) is 0 Å². The summed E-state index contributed by atoms with van der Waals surface area (Å²) in [6.07, 6.45) is 5.41. The smallest absolute Gasteiger partial charge is 0.0244 e. The minimum atomic E-state index is 0.569. The van der Waals surface area contributed by atoms with Crippen LogP contribution in [0.4, 0.5) is 0 Å². The lowest BCUT2D eigenvalue weighted by Gasteiger charge is -2.05. The zero-order valence-electron chi connectivity index (χ0n) is 5.94. The van der Waals surface area contributed by atoms with E-state index in [9.17, 15) is 0 Å². The molecule has 0 radical (unpaired) electrons. The summed E-state index contributed by atoms with van der Waals surface area (Å²) in [5.41, 5.74) is 0. The van der Waals surface area contributed by atoms with Crippen molar-refractivity contribution in [2.45, 2.75) is 26.3 Å². The Bertz CT molecular complexity index is 62.8. The van der Waals surface area contributed by atoms with Crippen LogP contribution < -0.4 is 5.32 Å². The molecule has 8 heavy (non-hydrogen) atoms. The van der Waals surface area contributed by atoms with Crippen molar-refractivity contribution in [2.24, 2.45) is 0 Å². The molecule has 1 N–H and O–H groups in total. The van der Waals surface area contributed by atoms with Gasteiger partial charge in [-0.1, -0.05) is 19.1 Å². The lowest BCUT2D eigenvalue weighted by Crippen LogP contribution is -2.20. The fraction of sp³-hybridized carbons (Fsp3) is 0.714. The fourth-order valence-electron chi connectivity index (χ4n) is 0.669. The van der Waals surface area contributed by atoms with Gasteiger partial charge < -0.3 is 5.32 Å². The summed E-state index contributed by atoms with van der Waals surface area (Å²) in [5.74, 6) is 0. The fourth-order valence-corrected chi connectivity index (χ4v) is 0.669. The van der Waals surface area contributed by atoms with Crippen molar-refractivity contribution in [3.05, 3.63) is 12.2 Å². The number of hydrogen-bond acceptors (Lipinski definition) is 1. The SMILES string of the molecule is C/C=C\[C@@H](CC)NC. The maximum absolute atomic E-state index is 3.17. The Kier molecular flexibility index (Phi) is 4.67. The van der Waals surface area contributed by atoms with Crippen LogP contribution in [0.25, 0.3) is 0 Å². The molecular weight excluding hydrogens is 98.1 g/mol. The molecule has 48 valence electrons. The Balaban J connectivity index is 3.36. The molecule has 0 bridgehead atoms. The summed E-state index contributed by atoms with van der Waals surface area (Å²) in [6.45, 7) is 4.21. The van der Waals surface area contributed by atoms with Gasteiger partial charge in [-0.25, -0.2) is 0 Å². The van der Waals surface area contributed by atoms with Crippen LogP contribution in [0.5, 0.6) is 0 Å². The average molecular weight is 113 g/mol. The number of rotatable bonds is 3. The van der Waals surface area contributed by atoms with Gasteiger partial charge in [0.2, 0.25) is 0 Å². The standard InChI is InChI=1S/C7H15N/c1-4-6-7(5-2)8-3/h4,6-8H,5H2,1-3H3/b6-4-/t7-/m1/s1. The van der Waals surface area contributed by atoms with Crippen LogP contribution in [0.3, 0.4) is 0 Å². The van der Waals surface area contributed by atoms with E-state index >= 15 is 0 Å². The highest BCUT2D eigenvalue weighted by atomic mass is 14.8. The van der Waals surface area contributed by atoms with Gasteiger partial charge in [0, 0.05) is 6.04 Å². The Hall–Kier alpha value is -0.300. The van der Waals surface area contributed by atoms with Crippen LogP contribution in [0.1, 0.15) is 20.3 Å². The molecule has 0 aliphatic carbocycles. The zero-order valence-corrected chi connectivity index (χ0v) is 5.94. The molecule has 0 aromatic carbocycles. The van der Waals surface area contributed by atoms with Gasteiger partial charge in [-0.05, 0) is 20.4 Å². The molecule has 0 heterocycles. The topological polar surface area (TPSA) is 12.0 Å². The highest BCUT2D eigenvalue weighted by Crippen LogP contribution is 1.89. The van der Waals surface area contributed by atoms with Gasteiger partial charge in [0.25, 0.3) is 0 Å². The molecule has 0 fully saturated rings. The first kappa shape index (κ1) is 7.70. The van der Waals surface area contributed by atoms with Crippen molar-refractivity contribution in [3.8, 4) is 0 Å². The van der Waals surface area contributed by atoms with Gasteiger partial charge in [0.15, 0.2) is 0 Å². The van der Waals surface area contributed by atoms with Crippen molar-refractivity contribution in [2.75, 3.05) is 7.05 Å². The van der Waals surface area contributed by atoms with E-state index in [0.717, 1.165) is 0 Å². The first-order valence-corrected chi connectivity index (χ1v) is 3.15. The predicted octanol–water partition coefficient (Wildman–Crippen LogP) is 1.56. The molecule has 0 aliphatic rings. The Morgan fingerprint density at radius 3 is 2.38 bits per heavy atom. The van der Waals surface area contributed by atoms with E-state index in [4.69, 9.17) is 0 Å². The molecule has 0 aromatic rings. The summed E-state index contributed by atoms with van der Waals surface area (Å²) in [4.78, 5) is 0. The van der Waals surface area contributed by atoms with Gasteiger partial charge >= 0.3 is 0 Å². The van der Waals surface area contributed by atoms with E-state index in [0.29, 0.717) is 6.04 Å². The molecule has 0 rings (SSSR count). The molecule has 1 heteroatoms. The van der Waals surface area contributed by atoms with E-state index in [1.165, 1.54) is 6.42 Å². The molecule has 1 nitrogen and oxygen atoms in total. The molecule has 0 aromatic heterocycles. The first-order chi connectivity index (χ1) is 3.85. The Morgan fingerprint density at radius 1 is 1.62 bits per heavy atom. The normalized spacial score (nSPS) is 14.9. The number of nitrogens with one attached hydrogen (secondary N) is 1. The zero-order chi connectivity index (χ0) is 6.41. The van der Waals surface area contributed by atoms with Crippen LogP contribution in [0.2, 0.25) is 0 Å². The van der Waals surface area contributed by atoms with Crippen molar-refractivity contribution in [1.29, 1.82) is 0 Å². The summed E-state index contributed by atoms with van der Waals surface area (Å²) < 4.78 is 0. The second kappa shape index (κ2) is 4.85. The van der Waals surface area contributed by atoms with Gasteiger partial charge in [-0.15, -0.1) is 0 Å². The van der Waals surface area contributed by atoms with E-state index in [1.807, 2.05) is 14.0 Å². The van der Waals surface area contributed by atoms with Crippen molar-refractivity contribution in [1.82, 2.24) is 5.32 Å². The maximum Gasteiger partial charge on any atom is 0.0244 e. The van der Waals surface area contributed by atoms with Crippen LogP contribution in [-0.2, 0) is 0 Å². The van der Waals surface area contributed by atoms with Crippen LogP contribution in [-0.4, -0.2) is 13.1 Å². The van der Waals surface area contributed by atoms with Gasteiger partial charge in [-0.3, -0.25) is 0 Å². The van der Waals surface area contributed by atoms with Crippen molar-refractivity contribution < 1.29 is 0 Å². The Morgan fingerprint density at radius 2 is 2.25 bits per heavy atom. The van der Waals surface area contributed by atoms with E-state index in [-0.39, 0.29) is 0 Å². The van der Waals surface area contributed by atoms with Crippen LogP contribution >= 0.6 is 0 Å². The third-order valence-corrected chi connectivity index (χ3v) is 1.24. The summed E-state index contributed by atoms with van der Waals surface area (Å²) in [7, 11) is 1.98. The van der Waals surface area contributed by atoms with E-state index < -0.39 is 0 Å². The Labute approximate surface area is 51.8 Å². The number of likely N-dealkylation sites (N-methyl/N-ethyl adjacent to an activating group) is 1. The summed E-state index contributed by atoms with van der Waals surface area (Å²) in [6, 6.07) is 0.569. The van der Waals surface area contributed by atoms with Gasteiger partial charge in [-0.2, -0.15) is 0 Å². The summed E-state index contributed by atoms with van der Waals surface area (Å²) >= 11 is 0. The van der Waals surface area contributed by atoms with Crippen molar-refractivity contribution >= 4 is 0 Å². The average Bonchev–Trinajstić information content (AvgIpc) is 1.83. The van der Waals surface area contributed by atoms with Crippen molar-refractivity contribution in [3.63, 3.8) is 0 Å². The second-order valence-corrected chi connectivity index (χ2v) is 1.83. The highest BCUT2D eigenvalue weighted by molar-refractivity contribution is 4.88. The quantitative estimate of drug-likeness (QED) is 0.548. The molecule has 0 saturated heterocycles.